The maximum absolute atomic E-state index is 13.4. The number of hydrogen-bond acceptors (Lipinski definition) is 2. The first-order valence-corrected chi connectivity index (χ1v) is 14.4. The Balaban J connectivity index is 0.000000169. The molecule has 0 aliphatic rings. The summed E-state index contributed by atoms with van der Waals surface area (Å²) in [6.45, 7) is 12.6. The van der Waals surface area contributed by atoms with Gasteiger partial charge >= 0.3 is 0 Å². The number of aliphatic hydroxyl groups is 2. The Labute approximate surface area is 236 Å². The van der Waals surface area contributed by atoms with Crippen molar-refractivity contribution in [2.24, 2.45) is 0 Å². The molecule has 0 aliphatic heterocycles. The summed E-state index contributed by atoms with van der Waals surface area (Å²) < 4.78 is 17.9. The second kappa shape index (κ2) is 13.1. The zero-order valence-electron chi connectivity index (χ0n) is 24.3. The lowest BCUT2D eigenvalue weighted by Gasteiger charge is -2.03. The van der Waals surface area contributed by atoms with E-state index in [2.05, 4.69) is 74.1 Å². The van der Waals surface area contributed by atoms with Gasteiger partial charge in [-0.25, -0.2) is 4.39 Å². The van der Waals surface area contributed by atoms with Crippen molar-refractivity contribution in [1.82, 2.24) is 9.13 Å². The Morgan fingerprint density at radius 1 is 0.525 bits per heavy atom. The topological polar surface area (TPSA) is 50.3 Å². The molecule has 6 aromatic rings. The van der Waals surface area contributed by atoms with E-state index in [0.29, 0.717) is 0 Å². The number of benzene rings is 4. The van der Waals surface area contributed by atoms with Gasteiger partial charge in [-0.1, -0.05) is 45.4 Å². The molecule has 0 aliphatic carbocycles. The maximum Gasteiger partial charge on any atom is 0.123 e. The minimum absolute atomic E-state index is 0.00402. The van der Waals surface area contributed by atoms with Gasteiger partial charge in [0.15, 0.2) is 0 Å². The van der Waals surface area contributed by atoms with Crippen molar-refractivity contribution in [1.29, 1.82) is 0 Å². The van der Waals surface area contributed by atoms with Crippen molar-refractivity contribution in [3.8, 4) is 0 Å². The molecule has 2 N–H and O–H groups in total. The van der Waals surface area contributed by atoms with E-state index in [1.54, 1.807) is 6.07 Å². The van der Waals surface area contributed by atoms with Crippen molar-refractivity contribution in [3.63, 3.8) is 0 Å². The van der Waals surface area contributed by atoms with E-state index in [1.807, 2.05) is 30.3 Å². The Kier molecular flexibility index (Phi) is 9.62. The third kappa shape index (κ3) is 5.63. The summed E-state index contributed by atoms with van der Waals surface area (Å²) in [6.07, 6.45) is 2.30. The molecule has 0 radical (unpaired) electrons. The van der Waals surface area contributed by atoms with Gasteiger partial charge in [-0.3, -0.25) is 0 Å². The van der Waals surface area contributed by atoms with Crippen LogP contribution in [-0.2, 0) is 32.7 Å². The third-order valence-corrected chi connectivity index (χ3v) is 7.29. The lowest BCUT2D eigenvalue weighted by molar-refractivity contribution is 0.282. The SMILES string of the molecule is CCC.CCc1ccc2c(c1)c1cc(CO)ccc1n2CC.CCn1c2ccc(F)cc2c2cc(CO)ccc21. The van der Waals surface area contributed by atoms with Crippen LogP contribution in [0.4, 0.5) is 4.39 Å². The van der Waals surface area contributed by atoms with Gasteiger partial charge in [-0.05, 0) is 91.6 Å². The molecule has 0 fully saturated rings. The number of aromatic nitrogens is 2. The van der Waals surface area contributed by atoms with Crippen LogP contribution in [-0.4, -0.2) is 19.3 Å². The van der Waals surface area contributed by atoms with Crippen molar-refractivity contribution in [2.45, 2.75) is 73.8 Å². The second-order valence-electron chi connectivity index (χ2n) is 10.1. The van der Waals surface area contributed by atoms with Crippen molar-refractivity contribution in [3.05, 3.63) is 95.3 Å². The van der Waals surface area contributed by atoms with E-state index in [0.717, 1.165) is 52.4 Å². The predicted octanol–water partition coefficient (Wildman–Crippen LogP) is 8.73. The summed E-state index contributed by atoms with van der Waals surface area (Å²) in [5.74, 6) is -0.230. The van der Waals surface area contributed by atoms with Crippen LogP contribution in [0.25, 0.3) is 43.6 Å². The normalized spacial score (nSPS) is 11.1. The summed E-state index contributed by atoms with van der Waals surface area (Å²) in [4.78, 5) is 0. The molecule has 4 nitrogen and oxygen atoms in total. The molecule has 0 saturated carbocycles. The van der Waals surface area contributed by atoms with E-state index >= 15 is 0 Å². The van der Waals surface area contributed by atoms with Gasteiger partial charge in [0.1, 0.15) is 5.82 Å². The number of fused-ring (bicyclic) bond motifs is 6. The maximum atomic E-state index is 13.4. The predicted molar refractivity (Wildman–Crippen MR) is 167 cm³/mol. The molecule has 6 rings (SSSR count). The Morgan fingerprint density at radius 3 is 1.25 bits per heavy atom. The zero-order chi connectivity index (χ0) is 28.8. The molecule has 0 unspecified atom stereocenters. The highest BCUT2D eigenvalue weighted by atomic mass is 19.1. The standard InChI is InChI=1S/C17H19NO.C15H14FNO.C3H8/c1-3-12-5-7-16-14(9-12)15-10-13(11-19)6-8-17(15)18(16)4-2;1-2-17-14-5-3-10(9-18)7-12(14)13-8-11(16)4-6-15(13)17;1-3-2/h5-10,19H,3-4,11H2,1-2H3;3-8,18H,2,9H2,1H3;3H2,1-2H3. The van der Waals surface area contributed by atoms with Crippen LogP contribution in [0, 0.1) is 5.82 Å². The molecule has 0 saturated heterocycles. The average molecular weight is 541 g/mol. The largest absolute Gasteiger partial charge is 0.392 e. The summed E-state index contributed by atoms with van der Waals surface area (Å²) in [5.41, 5.74) is 7.83. The first-order chi connectivity index (χ1) is 19.4. The lowest BCUT2D eigenvalue weighted by Crippen LogP contribution is -1.93. The van der Waals surface area contributed by atoms with Crippen LogP contribution >= 0.6 is 0 Å². The van der Waals surface area contributed by atoms with E-state index in [9.17, 15) is 14.6 Å². The second-order valence-corrected chi connectivity index (χ2v) is 10.1. The average Bonchev–Trinajstić information content (AvgIpc) is 3.47. The first-order valence-electron chi connectivity index (χ1n) is 14.4. The van der Waals surface area contributed by atoms with Crippen LogP contribution < -0.4 is 0 Å². The number of nitrogens with zero attached hydrogens (tertiary/aromatic N) is 2. The smallest absolute Gasteiger partial charge is 0.123 e. The van der Waals surface area contributed by atoms with Gasteiger partial charge in [0.05, 0.1) is 13.2 Å². The van der Waals surface area contributed by atoms with E-state index in [-0.39, 0.29) is 19.0 Å². The minimum atomic E-state index is -0.230. The molecule has 0 bridgehead atoms. The summed E-state index contributed by atoms with van der Waals surface area (Å²) in [7, 11) is 0. The van der Waals surface area contributed by atoms with E-state index in [4.69, 9.17) is 0 Å². The molecule has 4 aromatic carbocycles. The summed E-state index contributed by atoms with van der Waals surface area (Å²) >= 11 is 0. The van der Waals surface area contributed by atoms with Gasteiger partial charge in [0.25, 0.3) is 0 Å². The van der Waals surface area contributed by atoms with Crippen LogP contribution in [0.5, 0.6) is 0 Å². The molecule has 40 heavy (non-hydrogen) atoms. The lowest BCUT2D eigenvalue weighted by atomic mass is 10.1. The number of aliphatic hydroxyl groups excluding tert-OH is 2. The highest BCUT2D eigenvalue weighted by Crippen LogP contribution is 2.32. The van der Waals surface area contributed by atoms with Crippen molar-refractivity contribution < 1.29 is 14.6 Å². The Hall–Kier alpha value is -3.67. The summed E-state index contributed by atoms with van der Waals surface area (Å²) in [5, 5.41) is 23.0. The van der Waals surface area contributed by atoms with Crippen molar-refractivity contribution in [2.75, 3.05) is 0 Å². The minimum Gasteiger partial charge on any atom is -0.392 e. The number of hydrogen-bond donors (Lipinski definition) is 2. The summed E-state index contributed by atoms with van der Waals surface area (Å²) in [6, 6.07) is 23.6. The molecule has 2 heterocycles. The Morgan fingerprint density at radius 2 is 0.875 bits per heavy atom. The zero-order valence-corrected chi connectivity index (χ0v) is 24.3. The van der Waals surface area contributed by atoms with E-state index in [1.165, 1.54) is 39.9 Å². The molecule has 5 heteroatoms. The van der Waals surface area contributed by atoms with Crippen LogP contribution in [0.15, 0.2) is 72.8 Å². The fourth-order valence-electron chi connectivity index (χ4n) is 5.42. The van der Waals surface area contributed by atoms with Crippen LogP contribution in [0.2, 0.25) is 0 Å². The number of aryl methyl sites for hydroxylation is 3. The fraction of sp³-hybridized carbons (Fsp3) is 0.314. The highest BCUT2D eigenvalue weighted by molar-refractivity contribution is 6.09. The quantitative estimate of drug-likeness (QED) is 0.230. The van der Waals surface area contributed by atoms with Crippen molar-refractivity contribution >= 4 is 43.6 Å². The molecular formula is C35H41FN2O2. The molecule has 2 aromatic heterocycles. The van der Waals surface area contributed by atoms with Gasteiger partial charge in [-0.15, -0.1) is 0 Å². The highest BCUT2D eigenvalue weighted by Gasteiger charge is 2.12. The first kappa shape index (κ1) is 29.3. The van der Waals surface area contributed by atoms with Gasteiger partial charge < -0.3 is 19.3 Å². The molecule has 0 amide bonds. The van der Waals surface area contributed by atoms with Crippen LogP contribution in [0.1, 0.15) is 57.7 Å². The fourth-order valence-corrected chi connectivity index (χ4v) is 5.42. The Bertz CT molecular complexity index is 1680. The third-order valence-electron chi connectivity index (χ3n) is 7.29. The number of halogens is 1. The van der Waals surface area contributed by atoms with Crippen LogP contribution in [0.3, 0.4) is 0 Å². The molecular weight excluding hydrogens is 499 g/mol. The monoisotopic (exact) mass is 540 g/mol. The van der Waals surface area contributed by atoms with E-state index < -0.39 is 0 Å². The molecule has 210 valence electrons. The molecule has 0 atom stereocenters. The van der Waals surface area contributed by atoms with Gasteiger partial charge in [-0.2, -0.15) is 0 Å². The number of rotatable bonds is 5. The molecule has 0 spiro atoms. The van der Waals surface area contributed by atoms with Gasteiger partial charge in [0, 0.05) is 56.7 Å². The van der Waals surface area contributed by atoms with Gasteiger partial charge in [0.2, 0.25) is 0 Å².